The number of ether oxygens (including phenoxy) is 2. The first-order chi connectivity index (χ1) is 17.2. The molecule has 0 saturated heterocycles. The first-order valence-electron chi connectivity index (χ1n) is 11.2. The van der Waals surface area contributed by atoms with Crippen molar-refractivity contribution in [3.05, 3.63) is 65.7 Å². The number of benzene rings is 4. The van der Waals surface area contributed by atoms with Crippen LogP contribution in [0.25, 0.3) is 10.8 Å². The average Bonchev–Trinajstić information content (AvgIpc) is 2.86. The van der Waals surface area contributed by atoms with E-state index in [1.807, 2.05) is 26.0 Å². The molecule has 4 N–H and O–H groups in total. The monoisotopic (exact) mass is 486 g/mol. The normalized spacial score (nSPS) is 11.9. The van der Waals surface area contributed by atoms with Gasteiger partial charge in [0.15, 0.2) is 35.7 Å². The van der Waals surface area contributed by atoms with Gasteiger partial charge < -0.3 is 25.4 Å². The summed E-state index contributed by atoms with van der Waals surface area (Å²) in [6, 6.07) is 15.7. The summed E-state index contributed by atoms with van der Waals surface area (Å²) in [5.74, 6) is 0.994. The molecule has 0 unspecified atom stereocenters. The topological polar surface area (TPSA) is 125 Å². The second kappa shape index (κ2) is 9.91. The van der Waals surface area contributed by atoms with E-state index in [9.17, 15) is 10.2 Å². The van der Waals surface area contributed by atoms with Crippen molar-refractivity contribution < 1.29 is 24.4 Å². The highest BCUT2D eigenvalue weighted by molar-refractivity contribution is 5.95. The molecule has 0 saturated carbocycles. The lowest BCUT2D eigenvalue weighted by Crippen LogP contribution is -1.98. The molecule has 0 aliphatic rings. The number of nitrogens with zero attached hydrogens (tertiary/aromatic N) is 4. The maximum Gasteiger partial charge on any atom is 0.263 e. The van der Waals surface area contributed by atoms with Crippen LogP contribution in [0.1, 0.15) is 11.1 Å². The number of anilines is 1. The number of aromatic hydroxyl groups is 2. The Kier molecular flexibility index (Phi) is 6.73. The summed E-state index contributed by atoms with van der Waals surface area (Å²) in [4.78, 5) is 0. The first kappa shape index (κ1) is 24.5. The van der Waals surface area contributed by atoms with Crippen LogP contribution in [0.2, 0.25) is 0 Å². The van der Waals surface area contributed by atoms with E-state index in [4.69, 9.17) is 15.2 Å². The quantitative estimate of drug-likeness (QED) is 0.155. The third-order valence-electron chi connectivity index (χ3n) is 5.78. The minimum atomic E-state index is 0.0155. The largest absolute Gasteiger partial charge is 0.506 e. The van der Waals surface area contributed by atoms with Gasteiger partial charge in [-0.2, -0.15) is 0 Å². The van der Waals surface area contributed by atoms with Gasteiger partial charge in [-0.1, -0.05) is 10.8 Å². The molecule has 9 heteroatoms. The fraction of sp³-hybridized carbons (Fsp3) is 0.185. The Morgan fingerprint density at radius 1 is 0.833 bits per heavy atom. The number of aryl methyl sites for hydroxylation is 2. The van der Waals surface area contributed by atoms with Crippen molar-refractivity contribution in [1.29, 1.82) is 0 Å². The van der Waals surface area contributed by atoms with Gasteiger partial charge in [0, 0.05) is 22.3 Å². The van der Waals surface area contributed by atoms with Crippen LogP contribution in [-0.2, 0) is 0 Å². The van der Waals surface area contributed by atoms with Gasteiger partial charge in [0.25, 0.3) is 5.69 Å². The van der Waals surface area contributed by atoms with Crippen LogP contribution in [0.3, 0.4) is 0 Å². The van der Waals surface area contributed by atoms with Gasteiger partial charge in [0.05, 0.1) is 20.3 Å². The number of nitrogens with two attached hydrogens (primary N) is 1. The summed E-state index contributed by atoms with van der Waals surface area (Å²) < 4.78 is 12.5. The van der Waals surface area contributed by atoms with Gasteiger partial charge in [-0.3, -0.25) is 0 Å². The first-order valence-corrected chi connectivity index (χ1v) is 11.2. The third kappa shape index (κ3) is 4.76. The molecule has 4 aromatic carbocycles. The number of phenols is 2. The zero-order chi connectivity index (χ0) is 26.0. The summed E-state index contributed by atoms with van der Waals surface area (Å²) in [5.41, 5.74) is 9.92. The standard InChI is InChI=1S/C27H27N5O4/c1-15-6-9-23(33)21(10-15)30-29-20-13-24(35-4)25(36-5)14-22(20)32(3)31-26-16(2)11-17-12-18(28)7-8-19(17)27(26)34/h6-14H,1-5H3,(H3,28,29,33,34)/p+1. The highest BCUT2D eigenvalue weighted by Gasteiger charge is 2.22. The van der Waals surface area contributed by atoms with E-state index in [0.29, 0.717) is 45.3 Å². The molecule has 0 radical (unpaired) electrons. The van der Waals surface area contributed by atoms with Crippen LogP contribution >= 0.6 is 0 Å². The summed E-state index contributed by atoms with van der Waals surface area (Å²) in [7, 11) is 4.80. The molecular formula is C27H28N5O4+. The average molecular weight is 487 g/mol. The molecule has 0 spiro atoms. The Morgan fingerprint density at radius 3 is 2.25 bits per heavy atom. The van der Waals surface area contributed by atoms with Crippen molar-refractivity contribution in [2.45, 2.75) is 13.8 Å². The number of hydrogen-bond acceptors (Lipinski definition) is 8. The van der Waals surface area contributed by atoms with Crippen LogP contribution in [0.5, 0.6) is 23.0 Å². The van der Waals surface area contributed by atoms with Crippen molar-refractivity contribution >= 4 is 39.2 Å². The molecule has 9 nitrogen and oxygen atoms in total. The van der Waals surface area contributed by atoms with Crippen molar-refractivity contribution in [3.63, 3.8) is 0 Å². The van der Waals surface area contributed by atoms with Gasteiger partial charge in [0.2, 0.25) is 0 Å². The summed E-state index contributed by atoms with van der Waals surface area (Å²) in [5, 5.41) is 36.0. The number of methoxy groups -OCH3 is 2. The molecule has 0 atom stereocenters. The van der Waals surface area contributed by atoms with E-state index >= 15 is 0 Å². The van der Waals surface area contributed by atoms with Crippen molar-refractivity contribution in [1.82, 2.24) is 0 Å². The smallest absolute Gasteiger partial charge is 0.263 e. The Bertz CT molecular complexity index is 1530. The van der Waals surface area contributed by atoms with Crippen molar-refractivity contribution in [2.24, 2.45) is 15.3 Å². The lowest BCUT2D eigenvalue weighted by molar-refractivity contribution is -0.475. The minimum Gasteiger partial charge on any atom is -0.506 e. The second-order valence-corrected chi connectivity index (χ2v) is 8.38. The van der Waals surface area contributed by atoms with Crippen LogP contribution in [0.4, 0.5) is 28.4 Å². The van der Waals surface area contributed by atoms with E-state index < -0.39 is 0 Å². The van der Waals surface area contributed by atoms with E-state index in [0.717, 1.165) is 16.5 Å². The number of hydrogen-bond donors (Lipinski definition) is 3. The van der Waals surface area contributed by atoms with Crippen LogP contribution in [0.15, 0.2) is 69.9 Å². The van der Waals surface area contributed by atoms with Crippen molar-refractivity contribution in [3.8, 4) is 23.0 Å². The second-order valence-electron chi connectivity index (χ2n) is 8.38. The van der Waals surface area contributed by atoms with Gasteiger partial charge in [-0.05, 0) is 66.8 Å². The Labute approximate surface area is 208 Å². The minimum absolute atomic E-state index is 0.0155. The lowest BCUT2D eigenvalue weighted by atomic mass is 10.0. The van der Waals surface area contributed by atoms with E-state index in [1.165, 1.54) is 14.2 Å². The molecule has 0 bridgehead atoms. The van der Waals surface area contributed by atoms with Gasteiger partial charge >= 0.3 is 0 Å². The molecule has 0 aliphatic carbocycles. The number of azo groups is 3. The molecule has 0 amide bonds. The van der Waals surface area contributed by atoms with E-state index in [1.54, 1.807) is 54.2 Å². The zero-order valence-electron chi connectivity index (χ0n) is 20.8. The van der Waals surface area contributed by atoms with Crippen molar-refractivity contribution in [2.75, 3.05) is 27.0 Å². The predicted octanol–water partition coefficient (Wildman–Crippen LogP) is 6.94. The molecule has 4 aromatic rings. The molecule has 0 aliphatic heterocycles. The summed E-state index contributed by atoms with van der Waals surface area (Å²) in [6.45, 7) is 3.77. The van der Waals surface area contributed by atoms with E-state index in [2.05, 4.69) is 15.3 Å². The van der Waals surface area contributed by atoms with Crippen LogP contribution in [-0.4, -0.2) is 36.2 Å². The van der Waals surface area contributed by atoms with Gasteiger partial charge in [-0.25, -0.2) is 0 Å². The molecule has 0 aromatic heterocycles. The van der Waals surface area contributed by atoms with E-state index in [-0.39, 0.29) is 11.5 Å². The molecular weight excluding hydrogens is 458 g/mol. The summed E-state index contributed by atoms with van der Waals surface area (Å²) in [6.07, 6.45) is 0. The molecule has 0 fully saturated rings. The lowest BCUT2D eigenvalue weighted by Gasteiger charge is -2.10. The number of fused-ring (bicyclic) bond motifs is 1. The number of phenolic OH excluding ortho intramolecular Hbond substituents is 2. The molecule has 4 rings (SSSR count). The highest BCUT2D eigenvalue weighted by atomic mass is 16.5. The Balaban J connectivity index is 1.87. The highest BCUT2D eigenvalue weighted by Crippen LogP contribution is 2.43. The maximum absolute atomic E-state index is 11.0. The van der Waals surface area contributed by atoms with Crippen LogP contribution in [0, 0.1) is 13.8 Å². The predicted molar refractivity (Wildman–Crippen MR) is 139 cm³/mol. The summed E-state index contributed by atoms with van der Waals surface area (Å²) >= 11 is 0. The fourth-order valence-corrected chi connectivity index (χ4v) is 3.88. The Morgan fingerprint density at radius 2 is 1.53 bits per heavy atom. The Hall–Kier alpha value is -4.66. The zero-order valence-corrected chi connectivity index (χ0v) is 20.8. The SMILES string of the molecule is COc1cc(N=Nc2cc(C)ccc2O)c([N+](C)=Nc2c(C)cc3cc(N)ccc3c2O)cc1OC. The molecule has 184 valence electrons. The maximum atomic E-state index is 11.0. The third-order valence-corrected chi connectivity index (χ3v) is 5.78. The fourth-order valence-electron chi connectivity index (χ4n) is 3.88. The molecule has 0 heterocycles. The van der Waals surface area contributed by atoms with Gasteiger partial charge in [-0.15, -0.1) is 10.2 Å². The number of rotatable bonds is 6. The number of nitrogen functional groups attached to an aromatic ring is 1. The van der Waals surface area contributed by atoms with Crippen LogP contribution < -0.4 is 15.2 Å². The van der Waals surface area contributed by atoms with Gasteiger partial charge in [0.1, 0.15) is 11.4 Å². The molecule has 36 heavy (non-hydrogen) atoms.